The van der Waals surface area contributed by atoms with Crippen molar-refractivity contribution in [1.29, 1.82) is 0 Å². The topological polar surface area (TPSA) is 58.6 Å². The van der Waals surface area contributed by atoms with Gasteiger partial charge in [0, 0.05) is 34.0 Å². The molecule has 0 radical (unpaired) electrons. The molecule has 0 aliphatic rings. The van der Waals surface area contributed by atoms with E-state index in [0.29, 0.717) is 24.6 Å². The van der Waals surface area contributed by atoms with E-state index in [4.69, 9.17) is 4.74 Å². The average molecular weight is 389 g/mol. The Kier molecular flexibility index (Phi) is 7.42. The molecule has 5 nitrogen and oxygen atoms in total. The Morgan fingerprint density at radius 2 is 1.81 bits per heavy atom. The van der Waals surface area contributed by atoms with Crippen LogP contribution in [0.3, 0.4) is 0 Å². The van der Waals surface area contributed by atoms with Crippen molar-refractivity contribution in [3.8, 4) is 5.75 Å². The lowest BCUT2D eigenvalue weighted by molar-refractivity contribution is 0.207. The number of amides is 2. The molecule has 2 aromatic rings. The van der Waals surface area contributed by atoms with Gasteiger partial charge in [-0.1, -0.05) is 30.3 Å². The van der Waals surface area contributed by atoms with Crippen LogP contribution in [0.4, 0.5) is 10.5 Å². The molecule has 0 fully saturated rings. The van der Waals surface area contributed by atoms with E-state index in [1.807, 2.05) is 75.4 Å². The molecule has 0 aliphatic heterocycles. The maximum absolute atomic E-state index is 12.3. The number of ether oxygens (including phenoxy) is 1. The summed E-state index contributed by atoms with van der Waals surface area (Å²) in [6, 6.07) is 16.8. The van der Waals surface area contributed by atoms with Crippen LogP contribution in [0.1, 0.15) is 26.3 Å². The summed E-state index contributed by atoms with van der Waals surface area (Å²) in [5.41, 5.74) is 1.63. The quantitative estimate of drug-likeness (QED) is 0.770. The molecule has 1 unspecified atom stereocenters. The number of carbonyl (C=O) groups is 1. The predicted octanol–water partition coefficient (Wildman–Crippen LogP) is 4.28. The van der Waals surface area contributed by atoms with E-state index in [1.165, 1.54) is 0 Å². The molecule has 0 saturated carbocycles. The molecule has 0 aromatic heterocycles. The van der Waals surface area contributed by atoms with Gasteiger partial charge in [0.25, 0.3) is 0 Å². The Morgan fingerprint density at radius 1 is 1.11 bits per heavy atom. The van der Waals surface area contributed by atoms with Crippen LogP contribution in [0.2, 0.25) is 0 Å². The normalized spacial score (nSPS) is 12.3. The second kappa shape index (κ2) is 9.55. The summed E-state index contributed by atoms with van der Waals surface area (Å²) in [7, 11) is 0.744. The summed E-state index contributed by atoms with van der Waals surface area (Å²) in [5.74, 6) is 1.25. The van der Waals surface area contributed by atoms with Gasteiger partial charge in [-0.25, -0.2) is 4.79 Å². The van der Waals surface area contributed by atoms with Gasteiger partial charge in [0.2, 0.25) is 0 Å². The molecule has 0 bridgehead atoms. The highest BCUT2D eigenvalue weighted by molar-refractivity contribution is 7.85. The minimum atomic E-state index is -0.980. The van der Waals surface area contributed by atoms with E-state index in [0.717, 1.165) is 11.3 Å². The summed E-state index contributed by atoms with van der Waals surface area (Å²) < 4.78 is 17.7. The van der Waals surface area contributed by atoms with E-state index < -0.39 is 10.8 Å². The van der Waals surface area contributed by atoms with Gasteiger partial charge in [0.15, 0.2) is 0 Å². The number of para-hydroxylation sites is 1. The number of benzene rings is 2. The number of likely N-dealkylation sites (N-methyl/N-ethyl adjacent to an activating group) is 1. The Hall–Kier alpha value is -2.34. The molecule has 0 saturated heterocycles. The Labute approximate surface area is 164 Å². The van der Waals surface area contributed by atoms with E-state index in [-0.39, 0.29) is 10.8 Å². The highest BCUT2D eigenvalue weighted by Crippen LogP contribution is 2.19. The smallest absolute Gasteiger partial charge is 0.321 e. The first-order valence-electron chi connectivity index (χ1n) is 8.93. The monoisotopic (exact) mass is 388 g/mol. The number of hydrogen-bond donors (Lipinski definition) is 1. The largest absolute Gasteiger partial charge is 0.492 e. The maximum atomic E-state index is 12.3. The molecular weight excluding hydrogens is 360 g/mol. The number of hydrogen-bond acceptors (Lipinski definition) is 3. The lowest BCUT2D eigenvalue weighted by Gasteiger charge is -2.19. The van der Waals surface area contributed by atoms with Crippen LogP contribution < -0.4 is 10.1 Å². The number of carbonyl (C=O) groups excluding carboxylic acids is 1. The summed E-state index contributed by atoms with van der Waals surface area (Å²) in [6.07, 6.45) is 0. The Balaban J connectivity index is 1.85. The molecule has 2 rings (SSSR count). The fourth-order valence-electron chi connectivity index (χ4n) is 2.24. The molecule has 0 spiro atoms. The fraction of sp³-hybridized carbons (Fsp3) is 0.381. The van der Waals surface area contributed by atoms with Gasteiger partial charge >= 0.3 is 6.03 Å². The van der Waals surface area contributed by atoms with Gasteiger partial charge in [0.05, 0.1) is 6.54 Å². The van der Waals surface area contributed by atoms with Crippen molar-refractivity contribution in [2.75, 3.05) is 25.5 Å². The second-order valence-electron chi connectivity index (χ2n) is 7.32. The third kappa shape index (κ3) is 7.06. The van der Waals surface area contributed by atoms with Gasteiger partial charge in [-0.2, -0.15) is 0 Å². The summed E-state index contributed by atoms with van der Waals surface area (Å²) in [5, 5.41) is 2.88. The minimum absolute atomic E-state index is 0.208. The predicted molar refractivity (Wildman–Crippen MR) is 112 cm³/mol. The zero-order valence-corrected chi connectivity index (χ0v) is 17.2. The van der Waals surface area contributed by atoms with Crippen LogP contribution in [0.5, 0.6) is 5.75 Å². The third-order valence-corrected chi connectivity index (χ3v) is 5.91. The van der Waals surface area contributed by atoms with Crippen molar-refractivity contribution >= 4 is 22.5 Å². The van der Waals surface area contributed by atoms with E-state index in [9.17, 15) is 9.00 Å². The highest BCUT2D eigenvalue weighted by atomic mass is 32.2. The molecule has 1 N–H and O–H groups in total. The highest BCUT2D eigenvalue weighted by Gasteiger charge is 2.19. The van der Waals surface area contributed by atoms with E-state index >= 15 is 0 Å². The van der Waals surface area contributed by atoms with Gasteiger partial charge < -0.3 is 15.0 Å². The van der Waals surface area contributed by atoms with Gasteiger partial charge in [0.1, 0.15) is 12.4 Å². The standard InChI is InChI=1S/C21H28N2O3S/c1-21(2,3)27(25)16-17-9-8-10-18(15-17)22-20(24)23(4)13-14-26-19-11-6-5-7-12-19/h5-12,15H,13-14,16H2,1-4H3,(H,22,24). The van der Waals surface area contributed by atoms with Crippen molar-refractivity contribution in [1.82, 2.24) is 4.90 Å². The lowest BCUT2D eigenvalue weighted by Crippen LogP contribution is -2.34. The van der Waals surface area contributed by atoms with Crippen LogP contribution >= 0.6 is 0 Å². The number of anilines is 1. The lowest BCUT2D eigenvalue weighted by atomic mass is 10.2. The molecule has 2 amide bonds. The van der Waals surface area contributed by atoms with Crippen molar-refractivity contribution in [3.05, 3.63) is 60.2 Å². The first kappa shape index (κ1) is 21.0. The molecule has 6 heteroatoms. The molecule has 0 aliphatic carbocycles. The van der Waals surface area contributed by atoms with Gasteiger partial charge in [-0.15, -0.1) is 0 Å². The molecular formula is C21H28N2O3S. The van der Waals surface area contributed by atoms with Gasteiger partial charge in [-0.05, 0) is 50.6 Å². The molecule has 0 heterocycles. The zero-order chi connectivity index (χ0) is 19.9. The Morgan fingerprint density at radius 3 is 2.48 bits per heavy atom. The van der Waals surface area contributed by atoms with Crippen LogP contribution in [-0.4, -0.2) is 40.1 Å². The number of rotatable bonds is 7. The number of nitrogens with one attached hydrogen (secondary N) is 1. The van der Waals surface area contributed by atoms with Crippen LogP contribution in [0.15, 0.2) is 54.6 Å². The first-order valence-corrected chi connectivity index (χ1v) is 10.2. The van der Waals surface area contributed by atoms with Gasteiger partial charge in [-0.3, -0.25) is 4.21 Å². The fourth-order valence-corrected chi connectivity index (χ4v) is 3.16. The SMILES string of the molecule is CN(CCOc1ccccc1)C(=O)Nc1cccc(CS(=O)C(C)(C)C)c1. The Bertz CT molecular complexity index is 772. The van der Waals surface area contributed by atoms with Crippen molar-refractivity contribution in [3.63, 3.8) is 0 Å². The summed E-state index contributed by atoms with van der Waals surface area (Å²) in [6.45, 7) is 6.76. The van der Waals surface area contributed by atoms with Crippen molar-refractivity contribution in [2.45, 2.75) is 31.3 Å². The molecule has 146 valence electrons. The number of urea groups is 1. The van der Waals surface area contributed by atoms with E-state index in [2.05, 4.69) is 5.32 Å². The van der Waals surface area contributed by atoms with Crippen molar-refractivity contribution in [2.24, 2.45) is 0 Å². The van der Waals surface area contributed by atoms with Crippen LogP contribution in [0, 0.1) is 0 Å². The van der Waals surface area contributed by atoms with Crippen molar-refractivity contribution < 1.29 is 13.7 Å². The minimum Gasteiger partial charge on any atom is -0.492 e. The maximum Gasteiger partial charge on any atom is 0.321 e. The molecule has 2 aromatic carbocycles. The second-order valence-corrected chi connectivity index (χ2v) is 9.52. The first-order chi connectivity index (χ1) is 12.8. The van der Waals surface area contributed by atoms with Crippen LogP contribution in [-0.2, 0) is 16.6 Å². The average Bonchev–Trinajstić information content (AvgIpc) is 2.62. The third-order valence-electron chi connectivity index (χ3n) is 3.94. The van der Waals surface area contributed by atoms with E-state index in [1.54, 1.807) is 11.9 Å². The number of nitrogens with zero attached hydrogens (tertiary/aromatic N) is 1. The van der Waals surface area contributed by atoms with Crippen LogP contribution in [0.25, 0.3) is 0 Å². The molecule has 27 heavy (non-hydrogen) atoms. The zero-order valence-electron chi connectivity index (χ0n) is 16.4. The summed E-state index contributed by atoms with van der Waals surface area (Å²) in [4.78, 5) is 13.9. The molecule has 1 atom stereocenters. The summed E-state index contributed by atoms with van der Waals surface area (Å²) >= 11 is 0.